The summed E-state index contributed by atoms with van der Waals surface area (Å²) in [4.78, 5) is 12.2. The van der Waals surface area contributed by atoms with E-state index in [1.165, 1.54) is 23.1 Å². The molecule has 0 radical (unpaired) electrons. The van der Waals surface area contributed by atoms with Crippen LogP contribution in [0.4, 0.5) is 0 Å². The number of carboxylic acid groups (broad SMARTS) is 1. The molecule has 0 aliphatic carbocycles. The lowest BCUT2D eigenvalue weighted by molar-refractivity contribution is 0.0699. The van der Waals surface area contributed by atoms with Gasteiger partial charge in [-0.15, -0.1) is 10.2 Å². The zero-order valence-corrected chi connectivity index (χ0v) is 12.2. The summed E-state index contributed by atoms with van der Waals surface area (Å²) in [7, 11) is 0. The van der Waals surface area contributed by atoms with Gasteiger partial charge in [0, 0.05) is 4.90 Å². The van der Waals surface area contributed by atoms with Crippen LogP contribution in [-0.4, -0.2) is 21.3 Å². The molecule has 3 rings (SSSR count). The van der Waals surface area contributed by atoms with Gasteiger partial charge in [0.1, 0.15) is 5.01 Å². The van der Waals surface area contributed by atoms with Gasteiger partial charge >= 0.3 is 5.97 Å². The fourth-order valence-corrected chi connectivity index (χ4v) is 3.87. The van der Waals surface area contributed by atoms with E-state index < -0.39 is 5.97 Å². The van der Waals surface area contributed by atoms with E-state index in [0.717, 1.165) is 25.0 Å². The van der Waals surface area contributed by atoms with E-state index in [-0.39, 0.29) is 0 Å². The van der Waals surface area contributed by atoms with Gasteiger partial charge in [-0.3, -0.25) is 0 Å². The Labute approximate surface area is 123 Å². The molecule has 0 aliphatic rings. The second-order valence-electron chi connectivity index (χ2n) is 4.15. The molecule has 0 saturated heterocycles. The molecule has 0 amide bonds. The van der Waals surface area contributed by atoms with Crippen LogP contribution < -0.4 is 0 Å². The topological polar surface area (TPSA) is 63.1 Å². The van der Waals surface area contributed by atoms with E-state index in [1.54, 1.807) is 6.07 Å². The second kappa shape index (κ2) is 5.22. The number of hydrogen-bond acceptors (Lipinski definition) is 5. The number of rotatable bonds is 3. The fraction of sp³-hybridized carbons (Fsp3) is 0.0714. The van der Waals surface area contributed by atoms with Crippen LogP contribution in [-0.2, 0) is 0 Å². The second-order valence-corrected chi connectivity index (χ2v) is 6.62. The highest BCUT2D eigenvalue weighted by Gasteiger charge is 2.12. The van der Waals surface area contributed by atoms with Crippen molar-refractivity contribution in [3.8, 4) is 0 Å². The average Bonchev–Trinajstić information content (AvgIpc) is 2.84. The van der Waals surface area contributed by atoms with E-state index in [0.29, 0.717) is 5.56 Å². The summed E-state index contributed by atoms with van der Waals surface area (Å²) in [5.41, 5.74) is 0.318. The molecular formula is C14H10N2O2S2. The van der Waals surface area contributed by atoms with Crippen LogP contribution in [0.2, 0.25) is 0 Å². The van der Waals surface area contributed by atoms with Crippen LogP contribution in [0, 0.1) is 6.92 Å². The quantitative estimate of drug-likeness (QED) is 0.796. The van der Waals surface area contributed by atoms with Crippen molar-refractivity contribution >= 4 is 39.8 Å². The molecule has 6 heteroatoms. The van der Waals surface area contributed by atoms with Gasteiger partial charge < -0.3 is 5.11 Å². The van der Waals surface area contributed by atoms with E-state index in [2.05, 4.69) is 10.2 Å². The van der Waals surface area contributed by atoms with Gasteiger partial charge in [-0.1, -0.05) is 47.4 Å². The largest absolute Gasteiger partial charge is 0.478 e. The Hall–Kier alpha value is -1.92. The first-order chi connectivity index (χ1) is 9.65. The molecule has 3 aromatic rings. The molecule has 0 saturated carbocycles. The van der Waals surface area contributed by atoms with Gasteiger partial charge in [0.15, 0.2) is 4.34 Å². The van der Waals surface area contributed by atoms with E-state index in [4.69, 9.17) is 0 Å². The van der Waals surface area contributed by atoms with Crippen molar-refractivity contribution in [3.63, 3.8) is 0 Å². The van der Waals surface area contributed by atoms with Crippen molar-refractivity contribution in [2.75, 3.05) is 0 Å². The number of carbonyl (C=O) groups is 1. The molecule has 0 fully saturated rings. The molecule has 20 heavy (non-hydrogen) atoms. The minimum atomic E-state index is -0.912. The van der Waals surface area contributed by atoms with Crippen molar-refractivity contribution in [1.82, 2.24) is 10.2 Å². The molecule has 0 bridgehead atoms. The third-order valence-electron chi connectivity index (χ3n) is 2.82. The molecule has 100 valence electrons. The summed E-state index contributed by atoms with van der Waals surface area (Å²) in [5, 5.41) is 19.9. The van der Waals surface area contributed by atoms with Crippen LogP contribution in [0.1, 0.15) is 15.4 Å². The summed E-state index contributed by atoms with van der Waals surface area (Å²) in [6, 6.07) is 11.0. The zero-order chi connectivity index (χ0) is 14.1. The molecule has 1 heterocycles. The van der Waals surface area contributed by atoms with Gasteiger partial charge in [-0.25, -0.2) is 4.79 Å². The Morgan fingerprint density at radius 3 is 2.55 bits per heavy atom. The third-order valence-corrected chi connectivity index (χ3v) is 4.78. The highest BCUT2D eigenvalue weighted by Crippen LogP contribution is 2.36. The van der Waals surface area contributed by atoms with Crippen LogP contribution >= 0.6 is 23.1 Å². The molecular weight excluding hydrogens is 292 g/mol. The number of hydrogen-bond donors (Lipinski definition) is 1. The standard InChI is InChI=1S/C14H10N2O2S2/c1-8-15-16-14(19-8)20-12-7-6-11(13(17)18)9-4-2-3-5-10(9)12/h2-7H,1H3,(H,17,18). The summed E-state index contributed by atoms with van der Waals surface area (Å²) >= 11 is 3.04. The SMILES string of the molecule is Cc1nnc(Sc2ccc(C(=O)O)c3ccccc23)s1. The van der Waals surface area contributed by atoms with Crippen LogP contribution in [0.5, 0.6) is 0 Å². The number of benzene rings is 2. The molecule has 0 aliphatic heterocycles. The maximum atomic E-state index is 11.3. The first-order valence-electron chi connectivity index (χ1n) is 5.88. The molecule has 1 aromatic heterocycles. The molecule has 0 atom stereocenters. The molecule has 1 N–H and O–H groups in total. The normalized spacial score (nSPS) is 10.8. The van der Waals surface area contributed by atoms with Gasteiger partial charge in [-0.05, 0) is 29.8 Å². The van der Waals surface area contributed by atoms with Crippen LogP contribution in [0.3, 0.4) is 0 Å². The average molecular weight is 302 g/mol. The first kappa shape index (κ1) is 13.1. The van der Waals surface area contributed by atoms with Gasteiger partial charge in [0.05, 0.1) is 5.56 Å². The smallest absolute Gasteiger partial charge is 0.336 e. The Morgan fingerprint density at radius 1 is 1.15 bits per heavy atom. The van der Waals surface area contributed by atoms with Crippen LogP contribution in [0.15, 0.2) is 45.6 Å². The van der Waals surface area contributed by atoms with Gasteiger partial charge in [0.2, 0.25) is 0 Å². The maximum absolute atomic E-state index is 11.3. The predicted molar refractivity (Wildman–Crippen MR) is 79.7 cm³/mol. The molecule has 0 unspecified atom stereocenters. The summed E-state index contributed by atoms with van der Waals surface area (Å²) < 4.78 is 0.857. The zero-order valence-electron chi connectivity index (χ0n) is 10.5. The lowest BCUT2D eigenvalue weighted by Crippen LogP contribution is -1.97. The lowest BCUT2D eigenvalue weighted by atomic mass is 10.0. The Morgan fingerprint density at radius 2 is 1.90 bits per heavy atom. The predicted octanol–water partition coefficient (Wildman–Crippen LogP) is 3.85. The highest BCUT2D eigenvalue weighted by molar-refractivity contribution is 8.01. The number of aromatic carboxylic acids is 1. The van der Waals surface area contributed by atoms with E-state index in [1.807, 2.05) is 37.3 Å². The monoisotopic (exact) mass is 302 g/mol. The minimum absolute atomic E-state index is 0.318. The molecule has 2 aromatic carbocycles. The van der Waals surface area contributed by atoms with Crippen molar-refractivity contribution in [2.45, 2.75) is 16.2 Å². The van der Waals surface area contributed by atoms with E-state index in [9.17, 15) is 9.90 Å². The Kier molecular flexibility index (Phi) is 3.42. The molecule has 0 spiro atoms. The van der Waals surface area contributed by atoms with Crippen molar-refractivity contribution in [2.24, 2.45) is 0 Å². The van der Waals surface area contributed by atoms with Crippen LogP contribution in [0.25, 0.3) is 10.8 Å². The summed E-state index contributed by atoms with van der Waals surface area (Å²) in [6.07, 6.45) is 0. The van der Waals surface area contributed by atoms with Crippen molar-refractivity contribution < 1.29 is 9.90 Å². The fourth-order valence-electron chi connectivity index (χ4n) is 1.96. The summed E-state index contributed by atoms with van der Waals surface area (Å²) in [5.74, 6) is -0.912. The molecule has 4 nitrogen and oxygen atoms in total. The van der Waals surface area contributed by atoms with Gasteiger partial charge in [-0.2, -0.15) is 0 Å². The first-order valence-corrected chi connectivity index (χ1v) is 7.51. The van der Waals surface area contributed by atoms with Crippen molar-refractivity contribution in [3.05, 3.63) is 47.0 Å². The third kappa shape index (κ3) is 2.39. The highest BCUT2D eigenvalue weighted by atomic mass is 32.2. The van der Waals surface area contributed by atoms with Gasteiger partial charge in [0.25, 0.3) is 0 Å². The number of aryl methyl sites for hydroxylation is 1. The number of aromatic nitrogens is 2. The van der Waals surface area contributed by atoms with Crippen molar-refractivity contribution in [1.29, 1.82) is 0 Å². The Balaban J connectivity index is 2.12. The van der Waals surface area contributed by atoms with E-state index >= 15 is 0 Å². The maximum Gasteiger partial charge on any atom is 0.336 e. The lowest BCUT2D eigenvalue weighted by Gasteiger charge is -2.07. The number of nitrogens with zero attached hydrogens (tertiary/aromatic N) is 2. The minimum Gasteiger partial charge on any atom is -0.478 e. The summed E-state index contributed by atoms with van der Waals surface area (Å²) in [6.45, 7) is 1.91. The number of fused-ring (bicyclic) bond motifs is 1. The Bertz CT molecular complexity index is 799. The number of carboxylic acids is 1.